The van der Waals surface area contributed by atoms with Crippen LogP contribution in [0.5, 0.6) is 17.2 Å². The number of fused-ring (bicyclic) bond motifs is 3. The van der Waals surface area contributed by atoms with Gasteiger partial charge in [0.25, 0.3) is 11.4 Å². The molecule has 8 rings (SSSR count). The second-order valence-electron chi connectivity index (χ2n) is 17.2. The second kappa shape index (κ2) is 20.7. The monoisotopic (exact) mass is 947 g/mol. The molecule has 0 bridgehead atoms. The molecule has 0 unspecified atom stereocenters. The number of pyridine rings is 1. The predicted molar refractivity (Wildman–Crippen MR) is 253 cm³/mol. The summed E-state index contributed by atoms with van der Waals surface area (Å²) >= 11 is 0. The summed E-state index contributed by atoms with van der Waals surface area (Å²) < 4.78 is 52.3. The van der Waals surface area contributed by atoms with Gasteiger partial charge < -0.3 is 29.3 Å². The number of para-hydroxylation sites is 1. The van der Waals surface area contributed by atoms with Crippen molar-refractivity contribution in [1.29, 1.82) is 0 Å². The summed E-state index contributed by atoms with van der Waals surface area (Å²) in [5.74, 6) is -2.15. The number of unbranched alkanes of at least 4 members (excludes halogenated alkanes) is 2. The van der Waals surface area contributed by atoms with Gasteiger partial charge in [-0.05, 0) is 97.2 Å². The van der Waals surface area contributed by atoms with Crippen LogP contribution in [0.2, 0.25) is 0 Å². The number of hydrogen-bond acceptors (Lipinski definition) is 14. The first-order chi connectivity index (χ1) is 32.9. The first-order valence-electron chi connectivity index (χ1n) is 22.6. The molecule has 4 aromatic carbocycles. The molecule has 1 saturated carbocycles. The summed E-state index contributed by atoms with van der Waals surface area (Å²) in [7, 11) is -2.90. The molecule has 5 aromatic rings. The lowest BCUT2D eigenvalue weighted by atomic mass is 9.55. The Morgan fingerprint density at radius 3 is 2.37 bits per heavy atom. The number of allylic oxidation sites excluding steroid dienone is 1. The molecule has 17 nitrogen and oxygen atoms in total. The van der Waals surface area contributed by atoms with E-state index in [0.717, 1.165) is 11.1 Å². The van der Waals surface area contributed by atoms with Gasteiger partial charge in [-0.3, -0.25) is 25.2 Å². The summed E-state index contributed by atoms with van der Waals surface area (Å²) in [4.78, 5) is 32.7. The molecule has 68 heavy (non-hydrogen) atoms. The molecular formula is C50H53N5O12S. The van der Waals surface area contributed by atoms with Crippen LogP contribution in [0.3, 0.4) is 0 Å². The average molecular weight is 948 g/mol. The zero-order valence-electron chi connectivity index (χ0n) is 37.5. The van der Waals surface area contributed by atoms with Gasteiger partial charge in [0.15, 0.2) is 0 Å². The molecule has 2 aliphatic carbocycles. The van der Waals surface area contributed by atoms with E-state index in [1.54, 1.807) is 66.9 Å². The zero-order valence-corrected chi connectivity index (χ0v) is 38.3. The molecule has 1 fully saturated rings. The van der Waals surface area contributed by atoms with Crippen molar-refractivity contribution >= 4 is 38.0 Å². The molecule has 6 atom stereocenters. The molecule has 0 amide bonds. The fourth-order valence-corrected chi connectivity index (χ4v) is 11.6. The van der Waals surface area contributed by atoms with Gasteiger partial charge in [-0.25, -0.2) is 8.42 Å². The van der Waals surface area contributed by atoms with Crippen LogP contribution in [0, 0.1) is 38.0 Å². The first kappa shape index (κ1) is 47.9. The number of aliphatic hydroxyl groups excluding tert-OH is 2. The number of sulfonamides is 1. The minimum atomic E-state index is -4.39. The van der Waals surface area contributed by atoms with Gasteiger partial charge >= 0.3 is 0 Å². The van der Waals surface area contributed by atoms with Gasteiger partial charge in [-0.1, -0.05) is 54.4 Å². The normalized spacial score (nSPS) is 22.4. The standard InChI is InChI=1S/C50H53N5O12S/c1-3-27-64-50-46(53(2)68(62,63)45-17-8-12-34-13-10-24-51-49(34)45)31-43(52-65-32-33-18-20-36(21-19-33)54(58)59)41-28-35(11-4-6-25-56)40(16-5-7-26-57)47(48(41)50)42-30-39(22-23-44(42)67-50)66-38-15-9-14-37(29-38)55(60)61/h3,8-10,12-15,17-24,28-30,35,40,46-48,56-57H,1,4-7,11,16,25-27,31-32H2,2H3/t35-,40+,46-,47+,48+,50+/m0/s1. The number of aromatic nitrogens is 1. The van der Waals surface area contributed by atoms with Crippen molar-refractivity contribution in [3.05, 3.63) is 159 Å². The fraction of sp³-hybridized carbons (Fsp3) is 0.360. The molecule has 2 heterocycles. The molecule has 356 valence electrons. The van der Waals surface area contributed by atoms with Crippen LogP contribution in [0.25, 0.3) is 10.9 Å². The van der Waals surface area contributed by atoms with Gasteiger partial charge in [-0.2, -0.15) is 4.31 Å². The van der Waals surface area contributed by atoms with E-state index in [2.05, 4.69) is 17.6 Å². The summed E-state index contributed by atoms with van der Waals surface area (Å²) in [6.45, 7) is 3.88. The molecule has 2 N–H and O–H groups in total. The highest BCUT2D eigenvalue weighted by Crippen LogP contribution is 2.62. The number of nitro benzene ring substituents is 2. The van der Waals surface area contributed by atoms with Gasteiger partial charge in [0, 0.05) is 67.9 Å². The quantitative estimate of drug-likeness (QED) is 0.0303. The maximum Gasteiger partial charge on any atom is 0.273 e. The van der Waals surface area contributed by atoms with E-state index in [1.165, 1.54) is 47.8 Å². The lowest BCUT2D eigenvalue weighted by Gasteiger charge is -2.59. The summed E-state index contributed by atoms with van der Waals surface area (Å²) in [5, 5.41) is 48.4. The zero-order chi connectivity index (χ0) is 48.0. The Balaban J connectivity index is 1.33. The number of nitro groups is 2. The Morgan fingerprint density at radius 2 is 1.63 bits per heavy atom. The number of benzene rings is 4. The van der Waals surface area contributed by atoms with Crippen molar-refractivity contribution in [2.45, 2.75) is 74.2 Å². The van der Waals surface area contributed by atoms with Gasteiger partial charge in [0.1, 0.15) is 28.8 Å². The van der Waals surface area contributed by atoms with Gasteiger partial charge in [-0.15, -0.1) is 6.58 Å². The number of hydrogen-bond donors (Lipinski definition) is 2. The van der Waals surface area contributed by atoms with Gasteiger partial charge in [0.05, 0.1) is 45.7 Å². The van der Waals surface area contributed by atoms with Crippen LogP contribution < -0.4 is 9.47 Å². The highest BCUT2D eigenvalue weighted by atomic mass is 32.2. The van der Waals surface area contributed by atoms with E-state index >= 15 is 8.42 Å². The summed E-state index contributed by atoms with van der Waals surface area (Å²) in [5.41, 5.74) is 2.59. The highest BCUT2D eigenvalue weighted by molar-refractivity contribution is 7.89. The van der Waals surface area contributed by atoms with E-state index in [0.29, 0.717) is 66.7 Å². The number of aliphatic hydroxyl groups is 2. The SMILES string of the molecule is C=CCO[C@@]12Oc3ccc(Oc4cccc([N+](=O)[O-])c4)cc3[C@H]3[C@H](CCCCO)[C@@H](CCCCO)C=C(C(=NOCc4ccc([N+](=O)[O-])cc4)C[C@@H]1N(C)S(=O)(=O)c1cccc4cccnc14)[C@H]32. The summed E-state index contributed by atoms with van der Waals surface area (Å²) in [6.07, 6.45) is 9.04. The lowest BCUT2D eigenvalue weighted by molar-refractivity contribution is -0.385. The van der Waals surface area contributed by atoms with E-state index in [-0.39, 0.29) is 72.2 Å². The Kier molecular flexibility index (Phi) is 14.6. The number of nitrogens with zero attached hydrogens (tertiary/aromatic N) is 5. The van der Waals surface area contributed by atoms with E-state index in [1.807, 2.05) is 6.07 Å². The molecule has 1 aromatic heterocycles. The van der Waals surface area contributed by atoms with Crippen LogP contribution in [0.4, 0.5) is 11.4 Å². The molecule has 0 saturated heterocycles. The summed E-state index contributed by atoms with van der Waals surface area (Å²) in [6, 6.07) is 24.5. The Hall–Kier alpha value is -6.57. The second-order valence-corrected chi connectivity index (χ2v) is 19.1. The Morgan fingerprint density at radius 1 is 0.912 bits per heavy atom. The number of ether oxygens (including phenoxy) is 3. The third-order valence-electron chi connectivity index (χ3n) is 13.2. The molecule has 0 radical (unpaired) electrons. The highest BCUT2D eigenvalue weighted by Gasteiger charge is 2.65. The first-order valence-corrected chi connectivity index (χ1v) is 24.0. The molecular weight excluding hydrogens is 895 g/mol. The van der Waals surface area contributed by atoms with Crippen molar-refractivity contribution < 1.29 is 47.5 Å². The molecule has 1 aliphatic heterocycles. The minimum absolute atomic E-state index is 0.00987. The minimum Gasteiger partial charge on any atom is -0.460 e. The van der Waals surface area contributed by atoms with Crippen molar-refractivity contribution in [2.24, 2.45) is 22.9 Å². The van der Waals surface area contributed by atoms with Crippen LogP contribution in [-0.4, -0.2) is 82.2 Å². The van der Waals surface area contributed by atoms with Gasteiger partial charge in [0.2, 0.25) is 15.8 Å². The van der Waals surface area contributed by atoms with Crippen molar-refractivity contribution in [2.75, 3.05) is 26.9 Å². The topological polar surface area (TPSA) is 226 Å². The average Bonchev–Trinajstić information content (AvgIpc) is 3.34. The van der Waals surface area contributed by atoms with Crippen LogP contribution >= 0.6 is 0 Å². The third kappa shape index (κ3) is 9.59. The van der Waals surface area contributed by atoms with Crippen molar-refractivity contribution in [3.63, 3.8) is 0 Å². The molecule has 3 aliphatic rings. The smallest absolute Gasteiger partial charge is 0.273 e. The van der Waals surface area contributed by atoms with Crippen LogP contribution in [-0.2, 0) is 26.2 Å². The van der Waals surface area contributed by atoms with Crippen molar-refractivity contribution in [3.8, 4) is 17.2 Å². The number of likely N-dealkylation sites (N-methyl/N-ethyl adjacent to an activating group) is 1. The van der Waals surface area contributed by atoms with E-state index < -0.39 is 43.5 Å². The maximum atomic E-state index is 15.2. The molecule has 0 spiro atoms. The van der Waals surface area contributed by atoms with E-state index in [4.69, 9.17) is 24.2 Å². The van der Waals surface area contributed by atoms with E-state index in [9.17, 15) is 30.4 Å². The maximum absolute atomic E-state index is 15.2. The lowest BCUT2D eigenvalue weighted by Crippen LogP contribution is -2.69. The number of rotatable bonds is 21. The number of oxime groups is 1. The van der Waals surface area contributed by atoms with Crippen LogP contribution in [0.1, 0.15) is 62.0 Å². The fourth-order valence-electron chi connectivity index (χ4n) is 10.1. The Bertz CT molecular complexity index is 2830. The molecule has 18 heteroatoms. The largest absolute Gasteiger partial charge is 0.460 e. The van der Waals surface area contributed by atoms with Crippen molar-refractivity contribution in [1.82, 2.24) is 9.29 Å². The predicted octanol–water partition coefficient (Wildman–Crippen LogP) is 9.00. The number of non-ortho nitro benzene ring substituents is 2. The third-order valence-corrected chi connectivity index (χ3v) is 15.1. The van der Waals surface area contributed by atoms with Crippen LogP contribution in [0.15, 0.2) is 138 Å². The Labute approximate surface area is 393 Å².